The Bertz CT molecular complexity index is 641. The molecule has 0 atom stereocenters. The topological polar surface area (TPSA) is 74.8 Å². The molecule has 4 rings (SSSR count). The van der Waals surface area contributed by atoms with Gasteiger partial charge in [0.15, 0.2) is 0 Å². The quantitative estimate of drug-likeness (QED) is 0.713. The molecule has 4 amide bonds. The Morgan fingerprint density at radius 1 is 0.556 bits per heavy atom. The maximum Gasteiger partial charge on any atom is 0.254 e. The minimum absolute atomic E-state index is 0.259. The fourth-order valence-corrected chi connectivity index (χ4v) is 5.73. The van der Waals surface area contributed by atoms with Crippen molar-refractivity contribution in [2.75, 3.05) is 0 Å². The summed E-state index contributed by atoms with van der Waals surface area (Å²) in [5.74, 6) is -1.04. The molecular formula is C21H26N2O4. The first-order chi connectivity index (χ1) is 13.0. The van der Waals surface area contributed by atoms with Crippen LogP contribution in [0, 0.1) is 0 Å². The molecule has 2 heterocycles. The van der Waals surface area contributed by atoms with Crippen LogP contribution in [0.25, 0.3) is 0 Å². The maximum absolute atomic E-state index is 12.5. The Morgan fingerprint density at radius 3 is 1.15 bits per heavy atom. The average molecular weight is 370 g/mol. The van der Waals surface area contributed by atoms with Gasteiger partial charge in [0.05, 0.1) is 11.1 Å². The molecule has 27 heavy (non-hydrogen) atoms. The fraction of sp³-hybridized carbons (Fsp3) is 0.619. The van der Waals surface area contributed by atoms with E-state index in [-0.39, 0.29) is 23.6 Å². The fourth-order valence-electron chi connectivity index (χ4n) is 5.73. The van der Waals surface area contributed by atoms with E-state index in [0.717, 1.165) is 64.2 Å². The number of imide groups is 2. The van der Waals surface area contributed by atoms with Crippen LogP contribution in [-0.2, 0) is 19.2 Å². The Hall–Kier alpha value is -2.24. The van der Waals surface area contributed by atoms with E-state index in [0.29, 0.717) is 6.42 Å². The van der Waals surface area contributed by atoms with Gasteiger partial charge in [-0.2, -0.15) is 0 Å². The molecule has 0 bridgehead atoms. The van der Waals surface area contributed by atoms with Crippen LogP contribution >= 0.6 is 0 Å². The Morgan fingerprint density at radius 2 is 0.852 bits per heavy atom. The zero-order chi connectivity index (χ0) is 19.1. The number of carbonyl (C=O) groups excluding carboxylic acids is 4. The zero-order valence-electron chi connectivity index (χ0n) is 15.6. The van der Waals surface area contributed by atoms with E-state index in [1.807, 2.05) is 0 Å². The van der Waals surface area contributed by atoms with Gasteiger partial charge in [-0.15, -0.1) is 0 Å². The number of amides is 4. The molecule has 2 saturated carbocycles. The van der Waals surface area contributed by atoms with Gasteiger partial charge in [-0.25, -0.2) is 0 Å². The molecule has 6 heteroatoms. The highest BCUT2D eigenvalue weighted by molar-refractivity contribution is 6.14. The van der Waals surface area contributed by atoms with Gasteiger partial charge in [0, 0.05) is 24.3 Å². The minimum atomic E-state index is -0.601. The Labute approximate surface area is 159 Å². The summed E-state index contributed by atoms with van der Waals surface area (Å²) in [6.45, 7) is 0. The first-order valence-corrected chi connectivity index (χ1v) is 10.1. The second-order valence-electron chi connectivity index (χ2n) is 8.44. The third kappa shape index (κ3) is 2.95. The number of nitrogens with zero attached hydrogens (tertiary/aromatic N) is 2. The first-order valence-electron chi connectivity index (χ1n) is 10.1. The highest BCUT2D eigenvalue weighted by Gasteiger charge is 2.54. The summed E-state index contributed by atoms with van der Waals surface area (Å²) < 4.78 is 0. The number of hydrogen-bond donors (Lipinski definition) is 0. The Kier molecular flexibility index (Phi) is 4.52. The molecule has 2 fully saturated rings. The second-order valence-corrected chi connectivity index (χ2v) is 8.44. The van der Waals surface area contributed by atoms with Crippen LogP contribution in [-0.4, -0.2) is 44.5 Å². The van der Waals surface area contributed by atoms with Gasteiger partial charge in [-0.05, 0) is 32.1 Å². The van der Waals surface area contributed by atoms with Crippen molar-refractivity contribution < 1.29 is 19.2 Å². The van der Waals surface area contributed by atoms with E-state index < -0.39 is 11.1 Å². The summed E-state index contributed by atoms with van der Waals surface area (Å²) in [6.07, 6.45) is 14.9. The summed E-state index contributed by atoms with van der Waals surface area (Å²) in [5.41, 5.74) is -1.20. The highest BCUT2D eigenvalue weighted by atomic mass is 16.2. The van der Waals surface area contributed by atoms with Gasteiger partial charge in [-0.1, -0.05) is 38.5 Å². The van der Waals surface area contributed by atoms with Gasteiger partial charge < -0.3 is 0 Å². The van der Waals surface area contributed by atoms with Gasteiger partial charge >= 0.3 is 0 Å². The van der Waals surface area contributed by atoms with Crippen LogP contribution in [0.3, 0.4) is 0 Å². The van der Waals surface area contributed by atoms with Crippen molar-refractivity contribution in [1.29, 1.82) is 0 Å². The lowest BCUT2D eigenvalue weighted by molar-refractivity contribution is -0.153. The molecule has 2 aliphatic carbocycles. The van der Waals surface area contributed by atoms with E-state index in [2.05, 4.69) is 0 Å². The van der Waals surface area contributed by atoms with Crippen molar-refractivity contribution in [1.82, 2.24) is 9.80 Å². The molecule has 0 saturated heterocycles. The van der Waals surface area contributed by atoms with E-state index in [4.69, 9.17) is 0 Å². The van der Waals surface area contributed by atoms with Crippen molar-refractivity contribution in [2.45, 2.75) is 81.7 Å². The van der Waals surface area contributed by atoms with Crippen LogP contribution in [0.4, 0.5) is 0 Å². The van der Waals surface area contributed by atoms with Gasteiger partial charge in [0.1, 0.15) is 0 Å². The predicted molar refractivity (Wildman–Crippen MR) is 98.2 cm³/mol. The molecule has 4 aliphatic rings. The molecule has 0 aromatic heterocycles. The largest absolute Gasteiger partial charge is 0.269 e. The van der Waals surface area contributed by atoms with Crippen molar-refractivity contribution in [3.63, 3.8) is 0 Å². The lowest BCUT2D eigenvalue weighted by Gasteiger charge is -2.52. The number of hydrogen-bond acceptors (Lipinski definition) is 4. The van der Waals surface area contributed by atoms with Gasteiger partial charge in [0.2, 0.25) is 0 Å². The molecule has 0 unspecified atom stereocenters. The minimum Gasteiger partial charge on any atom is -0.269 e. The molecule has 0 N–H and O–H groups in total. The summed E-state index contributed by atoms with van der Waals surface area (Å²) in [6, 6.07) is 0. The lowest BCUT2D eigenvalue weighted by Crippen LogP contribution is -2.62. The normalized spacial score (nSPS) is 27.1. The van der Waals surface area contributed by atoms with Gasteiger partial charge in [-0.3, -0.25) is 29.0 Å². The maximum atomic E-state index is 12.5. The van der Waals surface area contributed by atoms with Crippen molar-refractivity contribution in [3.05, 3.63) is 24.3 Å². The van der Waals surface area contributed by atoms with Crippen molar-refractivity contribution >= 4 is 23.6 Å². The summed E-state index contributed by atoms with van der Waals surface area (Å²) in [5, 5.41) is 0. The van der Waals surface area contributed by atoms with Crippen LogP contribution in [0.5, 0.6) is 0 Å². The lowest BCUT2D eigenvalue weighted by atomic mass is 9.67. The van der Waals surface area contributed by atoms with Crippen LogP contribution < -0.4 is 0 Å². The second kappa shape index (κ2) is 6.73. The third-order valence-corrected chi connectivity index (χ3v) is 6.79. The molecule has 0 aromatic carbocycles. The monoisotopic (exact) mass is 370 g/mol. The summed E-state index contributed by atoms with van der Waals surface area (Å²) in [7, 11) is 0. The third-order valence-electron chi connectivity index (χ3n) is 6.79. The van der Waals surface area contributed by atoms with Gasteiger partial charge in [0.25, 0.3) is 23.6 Å². The standard InChI is InChI=1S/C21H26N2O4/c24-16-7-8-17(25)22(16)20(11-3-1-4-12-20)15-21(13-5-2-6-14-21)23-18(26)9-10-19(23)27/h7-10H,1-6,11-15H2. The van der Waals surface area contributed by atoms with Crippen LogP contribution in [0.1, 0.15) is 70.6 Å². The SMILES string of the molecule is O=C1C=CC(=O)N1C1(CC2(N3C(=O)C=CC3=O)CCCCC2)CCCCC1. The Balaban J connectivity index is 1.73. The van der Waals surface area contributed by atoms with E-state index in [1.54, 1.807) is 0 Å². The highest BCUT2D eigenvalue weighted by Crippen LogP contribution is 2.48. The van der Waals surface area contributed by atoms with E-state index in [9.17, 15) is 19.2 Å². The smallest absolute Gasteiger partial charge is 0.254 e. The zero-order valence-corrected chi connectivity index (χ0v) is 15.6. The molecule has 6 nitrogen and oxygen atoms in total. The molecule has 0 radical (unpaired) electrons. The molecule has 0 aromatic rings. The van der Waals surface area contributed by atoms with Crippen LogP contribution in [0.2, 0.25) is 0 Å². The predicted octanol–water partition coefficient (Wildman–Crippen LogP) is 2.63. The summed E-state index contributed by atoms with van der Waals surface area (Å²) >= 11 is 0. The van der Waals surface area contributed by atoms with E-state index in [1.165, 1.54) is 34.1 Å². The molecule has 144 valence electrons. The molecular weight excluding hydrogens is 344 g/mol. The van der Waals surface area contributed by atoms with Crippen molar-refractivity contribution in [3.8, 4) is 0 Å². The molecule has 2 aliphatic heterocycles. The summed E-state index contributed by atoms with van der Waals surface area (Å²) in [4.78, 5) is 53.0. The number of carbonyl (C=O) groups is 4. The van der Waals surface area contributed by atoms with Crippen LogP contribution in [0.15, 0.2) is 24.3 Å². The average Bonchev–Trinajstić information content (AvgIpc) is 3.18. The molecule has 0 spiro atoms. The number of rotatable bonds is 4. The van der Waals surface area contributed by atoms with E-state index >= 15 is 0 Å². The first kappa shape index (κ1) is 18.1. The van der Waals surface area contributed by atoms with Crippen molar-refractivity contribution in [2.24, 2.45) is 0 Å².